The SMILES string of the molecule is Cc1nc(CN)sc1-c1nnc2c3[nH]cnc3ncn12. The smallest absolute Gasteiger partial charge is 0.190 e. The van der Waals surface area contributed by atoms with Crippen LogP contribution in [-0.4, -0.2) is 34.5 Å². The molecule has 4 aromatic heterocycles. The zero-order chi connectivity index (χ0) is 13.7. The van der Waals surface area contributed by atoms with Gasteiger partial charge in [0.1, 0.15) is 16.9 Å². The van der Waals surface area contributed by atoms with Crippen LogP contribution in [0.3, 0.4) is 0 Å². The Bertz CT molecular complexity index is 917. The van der Waals surface area contributed by atoms with Crippen LogP contribution in [-0.2, 0) is 6.54 Å². The Morgan fingerprint density at radius 2 is 2.25 bits per heavy atom. The van der Waals surface area contributed by atoms with Gasteiger partial charge >= 0.3 is 0 Å². The summed E-state index contributed by atoms with van der Waals surface area (Å²) in [6, 6.07) is 0. The number of imidazole rings is 1. The van der Waals surface area contributed by atoms with Gasteiger partial charge in [0.25, 0.3) is 0 Å². The summed E-state index contributed by atoms with van der Waals surface area (Å²) >= 11 is 1.53. The summed E-state index contributed by atoms with van der Waals surface area (Å²) in [7, 11) is 0. The van der Waals surface area contributed by atoms with Crippen LogP contribution in [0.15, 0.2) is 12.7 Å². The molecule has 0 saturated heterocycles. The molecule has 0 amide bonds. The first-order chi connectivity index (χ1) is 9.78. The summed E-state index contributed by atoms with van der Waals surface area (Å²) in [5, 5.41) is 9.36. The average molecular weight is 286 g/mol. The van der Waals surface area contributed by atoms with Gasteiger partial charge in [0.15, 0.2) is 17.1 Å². The fraction of sp³-hybridized carbons (Fsp3) is 0.182. The molecule has 4 heterocycles. The molecule has 0 aliphatic carbocycles. The van der Waals surface area contributed by atoms with Gasteiger partial charge in [-0.1, -0.05) is 0 Å². The van der Waals surface area contributed by atoms with E-state index in [1.54, 1.807) is 12.7 Å². The lowest BCUT2D eigenvalue weighted by Gasteiger charge is -1.97. The van der Waals surface area contributed by atoms with Crippen LogP contribution in [0.1, 0.15) is 10.7 Å². The van der Waals surface area contributed by atoms with E-state index in [-0.39, 0.29) is 0 Å². The van der Waals surface area contributed by atoms with Gasteiger partial charge in [0.2, 0.25) is 0 Å². The molecule has 8 nitrogen and oxygen atoms in total. The van der Waals surface area contributed by atoms with E-state index >= 15 is 0 Å². The number of aromatic nitrogens is 7. The maximum absolute atomic E-state index is 5.64. The van der Waals surface area contributed by atoms with E-state index in [0.29, 0.717) is 17.8 Å². The fourth-order valence-electron chi connectivity index (χ4n) is 2.14. The van der Waals surface area contributed by atoms with E-state index in [4.69, 9.17) is 5.73 Å². The second kappa shape index (κ2) is 4.05. The minimum Gasteiger partial charge on any atom is -0.340 e. The van der Waals surface area contributed by atoms with E-state index in [1.165, 1.54) is 11.3 Å². The van der Waals surface area contributed by atoms with Gasteiger partial charge < -0.3 is 10.7 Å². The molecule has 3 N–H and O–H groups in total. The molecule has 0 bridgehead atoms. The van der Waals surface area contributed by atoms with Crippen LogP contribution in [0.4, 0.5) is 0 Å². The quantitative estimate of drug-likeness (QED) is 0.566. The van der Waals surface area contributed by atoms with E-state index in [1.807, 2.05) is 11.3 Å². The number of aryl methyl sites for hydroxylation is 1. The molecule has 9 heteroatoms. The van der Waals surface area contributed by atoms with Crippen LogP contribution in [0.5, 0.6) is 0 Å². The van der Waals surface area contributed by atoms with Crippen molar-refractivity contribution in [2.75, 3.05) is 0 Å². The largest absolute Gasteiger partial charge is 0.340 e. The van der Waals surface area contributed by atoms with Crippen LogP contribution < -0.4 is 5.73 Å². The lowest BCUT2D eigenvalue weighted by Crippen LogP contribution is -1.94. The van der Waals surface area contributed by atoms with Crippen LogP contribution in [0.25, 0.3) is 27.5 Å². The Morgan fingerprint density at radius 3 is 3.05 bits per heavy atom. The molecule has 4 rings (SSSR count). The number of thiazole rings is 1. The molecule has 0 unspecified atom stereocenters. The lowest BCUT2D eigenvalue weighted by atomic mass is 10.4. The summed E-state index contributed by atoms with van der Waals surface area (Å²) in [6.07, 6.45) is 3.27. The Balaban J connectivity index is 2.02. The van der Waals surface area contributed by atoms with Gasteiger partial charge in [0, 0.05) is 6.54 Å². The summed E-state index contributed by atoms with van der Waals surface area (Å²) < 4.78 is 1.83. The molecular formula is C11H10N8S. The standard InChI is InChI=1S/C11H10N8S/c1-5-8(20-6(2-12)16-5)11-18-17-10-7-9(14-3-13-7)15-4-19(10)11/h3-4H,2,12H2,1H3,(H,13,14). The highest BCUT2D eigenvalue weighted by Crippen LogP contribution is 2.29. The highest BCUT2D eigenvalue weighted by Gasteiger charge is 2.17. The monoisotopic (exact) mass is 286 g/mol. The third kappa shape index (κ3) is 1.47. The first-order valence-electron chi connectivity index (χ1n) is 5.97. The number of hydrogen-bond acceptors (Lipinski definition) is 7. The highest BCUT2D eigenvalue weighted by atomic mass is 32.1. The minimum atomic E-state index is 0.422. The molecular weight excluding hydrogens is 276 g/mol. The maximum atomic E-state index is 5.64. The summed E-state index contributed by atoms with van der Waals surface area (Å²) in [4.78, 5) is 16.8. The van der Waals surface area contributed by atoms with Crippen molar-refractivity contribution in [2.24, 2.45) is 5.73 Å². The van der Waals surface area contributed by atoms with Gasteiger partial charge in [-0.15, -0.1) is 21.5 Å². The van der Waals surface area contributed by atoms with Crippen molar-refractivity contribution in [3.8, 4) is 10.7 Å². The van der Waals surface area contributed by atoms with Crippen molar-refractivity contribution in [3.63, 3.8) is 0 Å². The Morgan fingerprint density at radius 1 is 1.35 bits per heavy atom. The summed E-state index contributed by atoms with van der Waals surface area (Å²) in [5.41, 5.74) is 8.63. The molecule has 0 aliphatic rings. The third-order valence-electron chi connectivity index (χ3n) is 3.05. The predicted molar refractivity (Wildman–Crippen MR) is 74.2 cm³/mol. The van der Waals surface area contributed by atoms with Crippen LogP contribution in [0.2, 0.25) is 0 Å². The molecule has 0 atom stereocenters. The van der Waals surface area contributed by atoms with Crippen molar-refractivity contribution in [1.82, 2.24) is 34.5 Å². The van der Waals surface area contributed by atoms with Crippen LogP contribution >= 0.6 is 11.3 Å². The van der Waals surface area contributed by atoms with Gasteiger partial charge in [-0.2, -0.15) is 0 Å². The molecule has 0 aromatic carbocycles. The summed E-state index contributed by atoms with van der Waals surface area (Å²) in [6.45, 7) is 2.36. The summed E-state index contributed by atoms with van der Waals surface area (Å²) in [5.74, 6) is 0.721. The molecule has 20 heavy (non-hydrogen) atoms. The number of aromatic amines is 1. The minimum absolute atomic E-state index is 0.422. The number of nitrogens with zero attached hydrogens (tertiary/aromatic N) is 6. The number of nitrogens with one attached hydrogen (secondary N) is 1. The van der Waals surface area contributed by atoms with Crippen molar-refractivity contribution in [3.05, 3.63) is 23.4 Å². The maximum Gasteiger partial charge on any atom is 0.190 e. The van der Waals surface area contributed by atoms with Crippen molar-refractivity contribution < 1.29 is 0 Å². The molecule has 4 aromatic rings. The van der Waals surface area contributed by atoms with Crippen molar-refractivity contribution >= 4 is 28.1 Å². The van der Waals surface area contributed by atoms with Crippen molar-refractivity contribution in [1.29, 1.82) is 0 Å². The Hall–Kier alpha value is -2.39. The Kier molecular flexibility index (Phi) is 2.32. The fourth-order valence-corrected chi connectivity index (χ4v) is 3.06. The molecule has 100 valence electrons. The first-order valence-corrected chi connectivity index (χ1v) is 6.79. The van der Waals surface area contributed by atoms with E-state index in [0.717, 1.165) is 26.9 Å². The van der Waals surface area contributed by atoms with Gasteiger partial charge in [0.05, 0.1) is 16.9 Å². The molecule has 0 radical (unpaired) electrons. The average Bonchev–Trinajstić information content (AvgIpc) is 3.13. The van der Waals surface area contributed by atoms with Crippen molar-refractivity contribution in [2.45, 2.75) is 13.5 Å². The first kappa shape index (κ1) is 11.4. The second-order valence-electron chi connectivity index (χ2n) is 4.29. The van der Waals surface area contributed by atoms with E-state index in [2.05, 4.69) is 30.1 Å². The number of nitrogens with two attached hydrogens (primary N) is 1. The van der Waals surface area contributed by atoms with Gasteiger partial charge in [-0.05, 0) is 6.92 Å². The number of H-pyrrole nitrogens is 1. The second-order valence-corrected chi connectivity index (χ2v) is 5.37. The third-order valence-corrected chi connectivity index (χ3v) is 4.23. The molecule has 0 fully saturated rings. The zero-order valence-corrected chi connectivity index (χ0v) is 11.3. The molecule has 0 aliphatic heterocycles. The number of fused-ring (bicyclic) bond motifs is 3. The van der Waals surface area contributed by atoms with Gasteiger partial charge in [-0.3, -0.25) is 4.40 Å². The topological polar surface area (TPSA) is 111 Å². The molecule has 0 saturated carbocycles. The number of rotatable bonds is 2. The lowest BCUT2D eigenvalue weighted by molar-refractivity contribution is 1.02. The Labute approximate surface area is 116 Å². The predicted octanol–water partition coefficient (Wildman–Crippen LogP) is 0.891. The van der Waals surface area contributed by atoms with E-state index in [9.17, 15) is 0 Å². The normalized spacial score (nSPS) is 11.7. The van der Waals surface area contributed by atoms with Crippen LogP contribution in [0, 0.1) is 6.92 Å². The molecule has 0 spiro atoms. The van der Waals surface area contributed by atoms with E-state index < -0.39 is 0 Å². The number of hydrogen-bond donors (Lipinski definition) is 2. The zero-order valence-electron chi connectivity index (χ0n) is 10.5. The highest BCUT2D eigenvalue weighted by molar-refractivity contribution is 7.15. The van der Waals surface area contributed by atoms with Gasteiger partial charge in [-0.25, -0.2) is 15.0 Å².